The van der Waals surface area contributed by atoms with E-state index in [9.17, 15) is 9.90 Å². The van der Waals surface area contributed by atoms with Crippen molar-refractivity contribution in [2.24, 2.45) is 0 Å². The van der Waals surface area contributed by atoms with Gasteiger partial charge in [0.05, 0.1) is 17.6 Å². The Hall–Kier alpha value is -2.07. The monoisotopic (exact) mass is 276 g/mol. The van der Waals surface area contributed by atoms with E-state index in [0.29, 0.717) is 10.7 Å². The van der Waals surface area contributed by atoms with E-state index in [1.807, 2.05) is 13.8 Å². The van der Waals surface area contributed by atoms with E-state index in [-0.39, 0.29) is 5.56 Å². The van der Waals surface area contributed by atoms with Crippen LogP contribution in [-0.4, -0.2) is 20.9 Å². The van der Waals surface area contributed by atoms with Crippen LogP contribution >= 0.6 is 11.6 Å². The molecule has 0 aliphatic rings. The smallest absolute Gasteiger partial charge is 0.339 e. The Kier molecular flexibility index (Phi) is 3.71. The zero-order valence-corrected chi connectivity index (χ0v) is 11.3. The van der Waals surface area contributed by atoms with Gasteiger partial charge < -0.3 is 5.11 Å². The van der Waals surface area contributed by atoms with Crippen molar-refractivity contribution in [3.8, 4) is 5.69 Å². The molecular weight excluding hydrogens is 264 g/mol. The van der Waals surface area contributed by atoms with Crippen LogP contribution in [0, 0.1) is 0 Å². The summed E-state index contributed by atoms with van der Waals surface area (Å²) in [5.41, 5.74) is 2.49. The topological polar surface area (TPSA) is 55.1 Å². The molecule has 1 N–H and O–H groups in total. The Morgan fingerprint density at radius 2 is 1.95 bits per heavy atom. The van der Waals surface area contributed by atoms with E-state index in [1.54, 1.807) is 35.0 Å². The zero-order chi connectivity index (χ0) is 14.0. The number of hydrogen-bond donors (Lipinski definition) is 1. The Morgan fingerprint density at radius 1 is 1.32 bits per heavy atom. The predicted octanol–water partition coefficient (Wildman–Crippen LogP) is 3.65. The first-order chi connectivity index (χ1) is 8.99. The van der Waals surface area contributed by atoms with Crippen LogP contribution in [-0.2, 0) is 0 Å². The quantitative estimate of drug-likeness (QED) is 0.931. The van der Waals surface area contributed by atoms with Gasteiger partial charge in [0.15, 0.2) is 0 Å². The summed E-state index contributed by atoms with van der Waals surface area (Å²) in [6.45, 7) is 3.82. The van der Waals surface area contributed by atoms with Crippen LogP contribution in [0.1, 0.15) is 29.9 Å². The van der Waals surface area contributed by atoms with E-state index in [2.05, 4.69) is 5.10 Å². The van der Waals surface area contributed by atoms with Gasteiger partial charge in [-0.3, -0.25) is 0 Å². The number of carboxylic acids is 1. The molecule has 19 heavy (non-hydrogen) atoms. The van der Waals surface area contributed by atoms with Gasteiger partial charge in [-0.1, -0.05) is 17.2 Å². The van der Waals surface area contributed by atoms with Crippen molar-refractivity contribution < 1.29 is 9.90 Å². The largest absolute Gasteiger partial charge is 0.478 e. The van der Waals surface area contributed by atoms with Gasteiger partial charge in [-0.2, -0.15) is 5.10 Å². The lowest BCUT2D eigenvalue weighted by Crippen LogP contribution is -2.03. The fourth-order valence-electron chi connectivity index (χ4n) is 1.72. The van der Waals surface area contributed by atoms with Crippen LogP contribution in [0.5, 0.6) is 0 Å². The molecule has 2 rings (SSSR count). The molecule has 0 spiro atoms. The van der Waals surface area contributed by atoms with Crippen LogP contribution in [0.25, 0.3) is 11.8 Å². The molecule has 0 saturated heterocycles. The normalized spacial score (nSPS) is 10.3. The third kappa shape index (κ3) is 2.85. The van der Waals surface area contributed by atoms with Crippen LogP contribution in [0.2, 0.25) is 5.02 Å². The van der Waals surface area contributed by atoms with Crippen molar-refractivity contribution in [2.75, 3.05) is 0 Å². The third-order valence-electron chi connectivity index (χ3n) is 2.53. The number of aromatic carboxylic acids is 1. The Labute approximate surface area is 115 Å². The first-order valence-corrected chi connectivity index (χ1v) is 6.09. The van der Waals surface area contributed by atoms with E-state index < -0.39 is 5.97 Å². The van der Waals surface area contributed by atoms with E-state index in [4.69, 9.17) is 11.6 Å². The summed E-state index contributed by atoms with van der Waals surface area (Å²) in [5, 5.41) is 13.9. The molecule has 4 nitrogen and oxygen atoms in total. The predicted molar refractivity (Wildman–Crippen MR) is 74.9 cm³/mol. The second-order valence-corrected chi connectivity index (χ2v) is 4.79. The second kappa shape index (κ2) is 5.28. The maximum atomic E-state index is 11.2. The highest BCUT2D eigenvalue weighted by atomic mass is 35.5. The number of benzene rings is 1. The lowest BCUT2D eigenvalue weighted by atomic mass is 10.2. The molecule has 0 bridgehead atoms. The van der Waals surface area contributed by atoms with Crippen molar-refractivity contribution >= 4 is 23.6 Å². The van der Waals surface area contributed by atoms with Gasteiger partial charge in [0.2, 0.25) is 0 Å². The maximum Gasteiger partial charge on any atom is 0.339 e. The van der Waals surface area contributed by atoms with Gasteiger partial charge in [-0.05, 0) is 44.2 Å². The summed E-state index contributed by atoms with van der Waals surface area (Å²) < 4.78 is 1.59. The molecule has 98 valence electrons. The van der Waals surface area contributed by atoms with E-state index >= 15 is 0 Å². The van der Waals surface area contributed by atoms with Crippen LogP contribution in [0.4, 0.5) is 0 Å². The van der Waals surface area contributed by atoms with Gasteiger partial charge in [0.1, 0.15) is 5.56 Å². The van der Waals surface area contributed by atoms with Crippen LogP contribution in [0.15, 0.2) is 36.0 Å². The summed E-state index contributed by atoms with van der Waals surface area (Å²) in [7, 11) is 0. The summed E-state index contributed by atoms with van der Waals surface area (Å²) in [4.78, 5) is 11.2. The molecule has 5 heteroatoms. The van der Waals surface area contributed by atoms with Crippen molar-refractivity contribution in [3.05, 3.63) is 52.3 Å². The average molecular weight is 277 g/mol. The molecule has 0 radical (unpaired) electrons. The highest BCUT2D eigenvalue weighted by Gasteiger charge is 2.15. The molecule has 1 aromatic heterocycles. The molecule has 2 aromatic rings. The number of rotatable bonds is 3. The van der Waals surface area contributed by atoms with Crippen molar-refractivity contribution in [3.63, 3.8) is 0 Å². The number of nitrogens with zero attached hydrogens (tertiary/aromatic N) is 2. The summed E-state index contributed by atoms with van der Waals surface area (Å²) in [6.07, 6.45) is 3.15. The zero-order valence-electron chi connectivity index (χ0n) is 10.6. The summed E-state index contributed by atoms with van der Waals surface area (Å²) in [6, 6.07) is 7.07. The van der Waals surface area contributed by atoms with Gasteiger partial charge in [0, 0.05) is 5.02 Å². The Balaban J connectivity index is 2.60. The van der Waals surface area contributed by atoms with Crippen molar-refractivity contribution in [1.82, 2.24) is 9.78 Å². The molecule has 0 saturated carbocycles. The first kappa shape index (κ1) is 13.4. The lowest BCUT2D eigenvalue weighted by molar-refractivity contribution is 0.0696. The highest BCUT2D eigenvalue weighted by Crippen LogP contribution is 2.19. The minimum Gasteiger partial charge on any atom is -0.478 e. The van der Waals surface area contributed by atoms with Crippen LogP contribution in [0.3, 0.4) is 0 Å². The number of carboxylic acid groups (broad SMARTS) is 1. The lowest BCUT2D eigenvalue weighted by Gasteiger charge is -2.06. The van der Waals surface area contributed by atoms with E-state index in [1.165, 1.54) is 6.20 Å². The van der Waals surface area contributed by atoms with Gasteiger partial charge in [-0.25, -0.2) is 9.48 Å². The standard InChI is InChI=1S/C14H13ClN2O2/c1-9(2)7-13-12(14(18)19)8-16-17(13)11-5-3-10(15)4-6-11/h3-8H,1-2H3,(H,18,19). The molecule has 0 aliphatic heterocycles. The number of aromatic nitrogens is 2. The molecule has 0 unspecified atom stereocenters. The van der Waals surface area contributed by atoms with Gasteiger partial charge in [-0.15, -0.1) is 0 Å². The van der Waals surface area contributed by atoms with Gasteiger partial charge >= 0.3 is 5.97 Å². The summed E-state index contributed by atoms with van der Waals surface area (Å²) >= 11 is 5.84. The van der Waals surface area contributed by atoms with Crippen molar-refractivity contribution in [1.29, 1.82) is 0 Å². The molecule has 1 heterocycles. The van der Waals surface area contributed by atoms with Crippen LogP contribution < -0.4 is 0 Å². The number of carbonyl (C=O) groups is 1. The first-order valence-electron chi connectivity index (χ1n) is 5.71. The minimum atomic E-state index is -0.993. The summed E-state index contributed by atoms with van der Waals surface area (Å²) in [5.74, 6) is -0.993. The fraction of sp³-hybridized carbons (Fsp3) is 0.143. The highest BCUT2D eigenvalue weighted by molar-refractivity contribution is 6.30. The molecule has 0 amide bonds. The number of halogens is 1. The molecule has 1 aromatic carbocycles. The third-order valence-corrected chi connectivity index (χ3v) is 2.79. The average Bonchev–Trinajstić information content (AvgIpc) is 2.73. The molecule has 0 atom stereocenters. The second-order valence-electron chi connectivity index (χ2n) is 4.36. The minimum absolute atomic E-state index is 0.177. The molecule has 0 fully saturated rings. The van der Waals surface area contributed by atoms with E-state index in [0.717, 1.165) is 11.3 Å². The molecular formula is C14H13ClN2O2. The SMILES string of the molecule is CC(C)=Cc1c(C(=O)O)cnn1-c1ccc(Cl)cc1. The maximum absolute atomic E-state index is 11.2. The number of hydrogen-bond acceptors (Lipinski definition) is 2. The fourth-order valence-corrected chi connectivity index (χ4v) is 1.85. The van der Waals surface area contributed by atoms with Gasteiger partial charge in [0.25, 0.3) is 0 Å². The Bertz CT molecular complexity index is 638. The Morgan fingerprint density at radius 3 is 2.47 bits per heavy atom. The van der Waals surface area contributed by atoms with Crippen molar-refractivity contribution in [2.45, 2.75) is 13.8 Å². The number of allylic oxidation sites excluding steroid dienone is 1. The molecule has 0 aliphatic carbocycles.